The molecule has 1 heterocycles. The van der Waals surface area contributed by atoms with Crippen molar-refractivity contribution in [3.05, 3.63) is 58.1 Å². The second-order valence-electron chi connectivity index (χ2n) is 6.57. The summed E-state index contributed by atoms with van der Waals surface area (Å²) in [5.41, 5.74) is 2.91. The molecule has 0 unspecified atom stereocenters. The Morgan fingerprint density at radius 3 is 2.52 bits per heavy atom. The summed E-state index contributed by atoms with van der Waals surface area (Å²) in [6, 6.07) is 14.0. The van der Waals surface area contributed by atoms with Gasteiger partial charge in [0.05, 0.1) is 13.7 Å². The van der Waals surface area contributed by atoms with Crippen LogP contribution in [0.15, 0.2) is 46.9 Å². The van der Waals surface area contributed by atoms with E-state index in [1.807, 2.05) is 55.1 Å². The summed E-state index contributed by atoms with van der Waals surface area (Å²) in [6.07, 6.45) is 0.764. The van der Waals surface area contributed by atoms with E-state index in [0.717, 1.165) is 27.9 Å². The SMILES string of the molecule is COc1ccc(CN2C(=O)C(C)(C)Cc3cc(Br)ccc32)cc1. The van der Waals surface area contributed by atoms with Gasteiger partial charge in [0.2, 0.25) is 5.91 Å². The van der Waals surface area contributed by atoms with Crippen LogP contribution < -0.4 is 9.64 Å². The zero-order chi connectivity index (χ0) is 16.6. The monoisotopic (exact) mass is 373 g/mol. The first-order chi connectivity index (χ1) is 10.9. The highest BCUT2D eigenvalue weighted by molar-refractivity contribution is 9.10. The molecule has 2 aromatic carbocycles. The molecule has 1 aliphatic heterocycles. The standard InChI is InChI=1S/C19H20BrNO2/c1-19(2)11-14-10-15(20)6-9-17(14)21(18(19)22)12-13-4-7-16(23-3)8-5-13/h4-10H,11-12H2,1-3H3. The molecule has 1 amide bonds. The molecule has 0 saturated heterocycles. The number of carbonyl (C=O) groups excluding carboxylic acids is 1. The number of methoxy groups -OCH3 is 1. The molecule has 0 spiro atoms. The molecule has 0 saturated carbocycles. The molecule has 0 atom stereocenters. The molecule has 0 fully saturated rings. The molecule has 2 aromatic rings. The fourth-order valence-electron chi connectivity index (χ4n) is 3.06. The maximum atomic E-state index is 12.9. The molecular weight excluding hydrogens is 354 g/mol. The number of nitrogens with zero attached hydrogens (tertiary/aromatic N) is 1. The number of anilines is 1. The minimum atomic E-state index is -0.389. The second kappa shape index (κ2) is 6.00. The zero-order valence-electron chi connectivity index (χ0n) is 13.6. The van der Waals surface area contributed by atoms with E-state index >= 15 is 0 Å². The molecule has 0 N–H and O–H groups in total. The van der Waals surface area contributed by atoms with Gasteiger partial charge in [-0.25, -0.2) is 0 Å². The number of halogens is 1. The molecule has 23 heavy (non-hydrogen) atoms. The van der Waals surface area contributed by atoms with Crippen LogP contribution in [0.1, 0.15) is 25.0 Å². The Balaban J connectivity index is 1.97. The van der Waals surface area contributed by atoms with Crippen molar-refractivity contribution in [2.75, 3.05) is 12.0 Å². The van der Waals surface area contributed by atoms with Gasteiger partial charge < -0.3 is 9.64 Å². The summed E-state index contributed by atoms with van der Waals surface area (Å²) in [7, 11) is 1.65. The van der Waals surface area contributed by atoms with E-state index in [-0.39, 0.29) is 11.3 Å². The lowest BCUT2D eigenvalue weighted by molar-refractivity contribution is -0.127. The number of amides is 1. The number of fused-ring (bicyclic) bond motifs is 1. The van der Waals surface area contributed by atoms with Gasteiger partial charge >= 0.3 is 0 Å². The minimum Gasteiger partial charge on any atom is -0.497 e. The van der Waals surface area contributed by atoms with Crippen molar-refractivity contribution < 1.29 is 9.53 Å². The number of rotatable bonds is 3. The third-order valence-corrected chi connectivity index (χ3v) is 4.78. The lowest BCUT2D eigenvalue weighted by Gasteiger charge is -2.38. The fraction of sp³-hybridized carbons (Fsp3) is 0.316. The summed E-state index contributed by atoms with van der Waals surface area (Å²) in [6.45, 7) is 4.60. The van der Waals surface area contributed by atoms with Crippen LogP contribution in [-0.4, -0.2) is 13.0 Å². The lowest BCUT2D eigenvalue weighted by atomic mass is 9.80. The van der Waals surface area contributed by atoms with Crippen molar-refractivity contribution in [1.29, 1.82) is 0 Å². The van der Waals surface area contributed by atoms with Crippen molar-refractivity contribution in [3.63, 3.8) is 0 Å². The van der Waals surface area contributed by atoms with Gasteiger partial charge in [-0.15, -0.1) is 0 Å². The van der Waals surface area contributed by atoms with Crippen molar-refractivity contribution in [2.24, 2.45) is 5.41 Å². The predicted octanol–water partition coefficient (Wildman–Crippen LogP) is 4.57. The Labute approximate surface area is 145 Å². The Hall–Kier alpha value is -1.81. The molecule has 3 nitrogen and oxygen atoms in total. The highest BCUT2D eigenvalue weighted by atomic mass is 79.9. The van der Waals surface area contributed by atoms with Gasteiger partial charge in [-0.05, 0) is 47.9 Å². The molecule has 0 radical (unpaired) electrons. The van der Waals surface area contributed by atoms with Crippen molar-refractivity contribution in [2.45, 2.75) is 26.8 Å². The van der Waals surface area contributed by atoms with Gasteiger partial charge in [0.25, 0.3) is 0 Å². The van der Waals surface area contributed by atoms with E-state index in [1.165, 1.54) is 5.56 Å². The first-order valence-corrected chi connectivity index (χ1v) is 8.43. The summed E-state index contributed by atoms with van der Waals surface area (Å²) in [5, 5.41) is 0. The number of hydrogen-bond donors (Lipinski definition) is 0. The topological polar surface area (TPSA) is 29.5 Å². The summed E-state index contributed by atoms with van der Waals surface area (Å²) >= 11 is 3.53. The van der Waals surface area contributed by atoms with Crippen LogP contribution >= 0.6 is 15.9 Å². The molecule has 4 heteroatoms. The average molecular weight is 374 g/mol. The number of carbonyl (C=O) groups is 1. The maximum absolute atomic E-state index is 12.9. The highest BCUT2D eigenvalue weighted by Crippen LogP contribution is 2.39. The molecule has 3 rings (SSSR count). The van der Waals surface area contributed by atoms with Crippen LogP contribution in [0.4, 0.5) is 5.69 Å². The predicted molar refractivity (Wildman–Crippen MR) is 95.8 cm³/mol. The van der Waals surface area contributed by atoms with Crippen LogP contribution in [0.5, 0.6) is 5.75 Å². The van der Waals surface area contributed by atoms with Gasteiger partial charge in [0, 0.05) is 15.6 Å². The molecule has 0 aromatic heterocycles. The van der Waals surface area contributed by atoms with Gasteiger partial charge in [0.1, 0.15) is 5.75 Å². The third-order valence-electron chi connectivity index (χ3n) is 4.29. The smallest absolute Gasteiger partial charge is 0.233 e. The number of hydrogen-bond acceptors (Lipinski definition) is 2. The average Bonchev–Trinajstić information content (AvgIpc) is 2.52. The zero-order valence-corrected chi connectivity index (χ0v) is 15.2. The van der Waals surface area contributed by atoms with Gasteiger partial charge in [0.15, 0.2) is 0 Å². The van der Waals surface area contributed by atoms with Crippen LogP contribution in [0, 0.1) is 5.41 Å². The third kappa shape index (κ3) is 3.13. The number of ether oxygens (including phenoxy) is 1. The van der Waals surface area contributed by atoms with Crippen molar-refractivity contribution in [3.8, 4) is 5.75 Å². The summed E-state index contributed by atoms with van der Waals surface area (Å²) in [5.74, 6) is 0.992. The Morgan fingerprint density at radius 2 is 1.87 bits per heavy atom. The molecular formula is C19H20BrNO2. The minimum absolute atomic E-state index is 0.170. The second-order valence-corrected chi connectivity index (χ2v) is 7.49. The highest BCUT2D eigenvalue weighted by Gasteiger charge is 2.38. The van der Waals surface area contributed by atoms with E-state index < -0.39 is 0 Å². The Bertz CT molecular complexity index is 738. The fourth-order valence-corrected chi connectivity index (χ4v) is 3.46. The molecule has 1 aliphatic rings. The van der Waals surface area contributed by atoms with E-state index in [4.69, 9.17) is 4.74 Å². The van der Waals surface area contributed by atoms with E-state index in [1.54, 1.807) is 7.11 Å². The molecule has 0 aliphatic carbocycles. The lowest BCUT2D eigenvalue weighted by Crippen LogP contribution is -2.45. The molecule has 0 bridgehead atoms. The van der Waals surface area contributed by atoms with Gasteiger partial charge in [-0.3, -0.25) is 4.79 Å². The van der Waals surface area contributed by atoms with E-state index in [2.05, 4.69) is 22.0 Å². The summed E-state index contributed by atoms with van der Waals surface area (Å²) < 4.78 is 6.24. The quantitative estimate of drug-likeness (QED) is 0.788. The number of benzene rings is 2. The Morgan fingerprint density at radius 1 is 1.17 bits per heavy atom. The maximum Gasteiger partial charge on any atom is 0.233 e. The largest absolute Gasteiger partial charge is 0.497 e. The summed E-state index contributed by atoms with van der Waals surface area (Å²) in [4.78, 5) is 14.8. The van der Waals surface area contributed by atoms with Gasteiger partial charge in [-0.1, -0.05) is 41.9 Å². The van der Waals surface area contributed by atoms with E-state index in [9.17, 15) is 4.79 Å². The Kier molecular flexibility index (Phi) is 4.19. The normalized spacial score (nSPS) is 16.2. The van der Waals surface area contributed by atoms with Crippen LogP contribution in [0.25, 0.3) is 0 Å². The van der Waals surface area contributed by atoms with Crippen molar-refractivity contribution >= 4 is 27.5 Å². The van der Waals surface area contributed by atoms with E-state index in [0.29, 0.717) is 6.54 Å². The first-order valence-electron chi connectivity index (χ1n) is 7.64. The first kappa shape index (κ1) is 16.1. The van der Waals surface area contributed by atoms with Crippen molar-refractivity contribution in [1.82, 2.24) is 0 Å². The van der Waals surface area contributed by atoms with Crippen LogP contribution in [0.3, 0.4) is 0 Å². The van der Waals surface area contributed by atoms with Crippen LogP contribution in [-0.2, 0) is 17.8 Å². The van der Waals surface area contributed by atoms with Crippen LogP contribution in [0.2, 0.25) is 0 Å². The molecule has 120 valence electrons. The van der Waals surface area contributed by atoms with Gasteiger partial charge in [-0.2, -0.15) is 0 Å².